The Morgan fingerprint density at radius 2 is 1.96 bits per heavy atom. The van der Waals surface area contributed by atoms with Crippen LogP contribution in [0.3, 0.4) is 0 Å². The lowest BCUT2D eigenvalue weighted by molar-refractivity contribution is -0.117. The molecule has 5 nitrogen and oxygen atoms in total. The van der Waals surface area contributed by atoms with E-state index in [1.165, 1.54) is 11.7 Å². The monoisotopic (exact) mass is 376 g/mol. The fourth-order valence-corrected chi connectivity index (χ4v) is 3.28. The molecule has 3 rings (SSSR count). The summed E-state index contributed by atoms with van der Waals surface area (Å²) in [5.41, 5.74) is 3.92. The molecular weight excluding hydrogens is 352 g/mol. The van der Waals surface area contributed by atoms with Crippen LogP contribution in [0, 0.1) is 6.92 Å². The molecule has 2 aromatic carbocycles. The van der Waals surface area contributed by atoms with Crippen molar-refractivity contribution >= 4 is 29.0 Å². The average Bonchev–Trinajstić information content (AvgIpc) is 3.04. The van der Waals surface area contributed by atoms with Gasteiger partial charge in [-0.25, -0.2) is 4.79 Å². The molecule has 1 atom stereocenters. The van der Waals surface area contributed by atoms with Gasteiger partial charge in [0.25, 0.3) is 0 Å². The van der Waals surface area contributed by atoms with Gasteiger partial charge >= 0.3 is 6.09 Å². The first-order chi connectivity index (χ1) is 13.5. The van der Waals surface area contributed by atoms with Crippen LogP contribution in [-0.4, -0.2) is 29.7 Å². The molecule has 1 heterocycles. The van der Waals surface area contributed by atoms with E-state index in [1.807, 2.05) is 62.4 Å². The maximum absolute atomic E-state index is 12.2. The average molecular weight is 376 g/mol. The Balaban J connectivity index is 1.70. The summed E-state index contributed by atoms with van der Waals surface area (Å²) >= 11 is 0. The number of nitrogens with one attached hydrogen (secondary N) is 1. The molecule has 1 amide bonds. The van der Waals surface area contributed by atoms with E-state index >= 15 is 0 Å². The first kappa shape index (κ1) is 19.4. The summed E-state index contributed by atoms with van der Waals surface area (Å²) in [5, 5.41) is 3.96. The Bertz CT molecular complexity index is 1030. The number of aryl methyl sites for hydroxylation is 1. The predicted molar refractivity (Wildman–Crippen MR) is 111 cm³/mol. The van der Waals surface area contributed by atoms with Gasteiger partial charge in [-0.05, 0) is 43.5 Å². The van der Waals surface area contributed by atoms with Crippen molar-refractivity contribution in [3.8, 4) is 0 Å². The second-order valence-electron chi connectivity index (χ2n) is 6.87. The quantitative estimate of drug-likeness (QED) is 0.675. The van der Waals surface area contributed by atoms with Crippen molar-refractivity contribution in [2.24, 2.45) is 0 Å². The summed E-state index contributed by atoms with van der Waals surface area (Å²) in [5.74, 6) is -0.147. The third-order valence-electron chi connectivity index (χ3n) is 4.55. The lowest BCUT2D eigenvalue weighted by atomic mass is 10.1. The Hall–Kier alpha value is -3.34. The minimum atomic E-state index is -0.430. The minimum absolute atomic E-state index is 0.0911. The van der Waals surface area contributed by atoms with E-state index in [1.54, 1.807) is 18.3 Å². The van der Waals surface area contributed by atoms with Crippen LogP contribution in [0.1, 0.15) is 23.6 Å². The van der Waals surface area contributed by atoms with Gasteiger partial charge in [0.1, 0.15) is 0 Å². The third kappa shape index (κ3) is 4.49. The van der Waals surface area contributed by atoms with Crippen molar-refractivity contribution in [3.63, 3.8) is 0 Å². The molecular formula is C23H24N2O3. The van der Waals surface area contributed by atoms with Gasteiger partial charge in [-0.2, -0.15) is 0 Å². The highest BCUT2D eigenvalue weighted by Gasteiger charge is 2.15. The van der Waals surface area contributed by atoms with E-state index in [-0.39, 0.29) is 11.9 Å². The smallest absolute Gasteiger partial charge is 0.418 e. The molecule has 0 bridgehead atoms. The Morgan fingerprint density at radius 3 is 2.71 bits per heavy atom. The van der Waals surface area contributed by atoms with Crippen molar-refractivity contribution in [2.75, 3.05) is 7.11 Å². The van der Waals surface area contributed by atoms with Crippen LogP contribution >= 0.6 is 0 Å². The molecule has 0 fully saturated rings. The molecule has 0 aliphatic carbocycles. The first-order valence-electron chi connectivity index (χ1n) is 9.20. The van der Waals surface area contributed by atoms with Crippen LogP contribution < -0.4 is 5.32 Å². The summed E-state index contributed by atoms with van der Waals surface area (Å²) in [6.07, 6.45) is 5.30. The van der Waals surface area contributed by atoms with Crippen LogP contribution in [0.5, 0.6) is 0 Å². The highest BCUT2D eigenvalue weighted by molar-refractivity contribution is 5.93. The lowest BCUT2D eigenvalue weighted by Gasteiger charge is -2.12. The first-order valence-corrected chi connectivity index (χ1v) is 9.20. The number of para-hydroxylation sites is 1. The predicted octanol–water partition coefficient (Wildman–Crippen LogP) is 4.32. The summed E-state index contributed by atoms with van der Waals surface area (Å²) in [7, 11) is 1.36. The molecule has 0 saturated heterocycles. The summed E-state index contributed by atoms with van der Waals surface area (Å²) < 4.78 is 6.35. The number of fused-ring (bicyclic) bond motifs is 1. The number of ether oxygens (including phenoxy) is 1. The highest BCUT2D eigenvalue weighted by Crippen LogP contribution is 2.22. The van der Waals surface area contributed by atoms with Crippen LogP contribution in [0.15, 0.2) is 60.8 Å². The highest BCUT2D eigenvalue weighted by atomic mass is 16.5. The summed E-state index contributed by atoms with van der Waals surface area (Å²) in [6.45, 7) is 3.97. The molecule has 28 heavy (non-hydrogen) atoms. The third-order valence-corrected chi connectivity index (χ3v) is 4.55. The molecule has 0 unspecified atom stereocenters. The SMILES string of the molecule is COC(=O)n1cc(C[C@@H](C)NC(=O)C=Cc2cccc(C)c2)c2ccccc21. The Kier molecular flexibility index (Phi) is 5.94. The number of hydrogen-bond donors (Lipinski definition) is 1. The van der Waals surface area contributed by atoms with E-state index < -0.39 is 6.09 Å². The topological polar surface area (TPSA) is 60.3 Å². The normalized spacial score (nSPS) is 12.2. The van der Waals surface area contributed by atoms with Crippen LogP contribution in [0.25, 0.3) is 17.0 Å². The fourth-order valence-electron chi connectivity index (χ4n) is 3.28. The van der Waals surface area contributed by atoms with E-state index in [0.29, 0.717) is 6.42 Å². The molecule has 0 aliphatic heterocycles. The molecule has 1 aromatic heterocycles. The summed E-state index contributed by atoms with van der Waals surface area (Å²) in [4.78, 5) is 24.3. The zero-order valence-corrected chi connectivity index (χ0v) is 16.3. The van der Waals surface area contributed by atoms with Crippen molar-refractivity contribution in [1.29, 1.82) is 0 Å². The second-order valence-corrected chi connectivity index (χ2v) is 6.87. The zero-order valence-electron chi connectivity index (χ0n) is 16.3. The van der Waals surface area contributed by atoms with Crippen molar-refractivity contribution in [2.45, 2.75) is 26.3 Å². The van der Waals surface area contributed by atoms with Crippen molar-refractivity contribution in [1.82, 2.24) is 9.88 Å². The number of carbonyl (C=O) groups excluding carboxylic acids is 2. The number of benzene rings is 2. The Labute approximate surface area is 164 Å². The number of rotatable bonds is 5. The van der Waals surface area contributed by atoms with Gasteiger partial charge in [0, 0.05) is 23.7 Å². The standard InChI is InChI=1S/C23H24N2O3/c1-16-7-6-8-18(13-16)11-12-22(26)24-17(2)14-19-15-25(23(27)28-3)21-10-5-4-9-20(19)21/h4-13,15,17H,14H2,1-3H3,(H,24,26)/t17-/m1/s1. The number of carbonyl (C=O) groups is 2. The van der Waals surface area contributed by atoms with E-state index in [2.05, 4.69) is 5.32 Å². The van der Waals surface area contributed by atoms with Crippen LogP contribution in [0.2, 0.25) is 0 Å². The van der Waals surface area contributed by atoms with E-state index in [0.717, 1.165) is 27.6 Å². The van der Waals surface area contributed by atoms with Gasteiger partial charge < -0.3 is 10.1 Å². The number of methoxy groups -OCH3 is 1. The van der Waals surface area contributed by atoms with Crippen LogP contribution in [0.4, 0.5) is 4.79 Å². The molecule has 1 N–H and O–H groups in total. The lowest BCUT2D eigenvalue weighted by Crippen LogP contribution is -2.32. The molecule has 0 spiro atoms. The molecule has 5 heteroatoms. The number of hydrogen-bond acceptors (Lipinski definition) is 3. The second kappa shape index (κ2) is 8.57. The summed E-state index contributed by atoms with van der Waals surface area (Å²) in [6, 6.07) is 15.5. The maximum Gasteiger partial charge on any atom is 0.418 e. The van der Waals surface area contributed by atoms with Gasteiger partial charge in [0.15, 0.2) is 0 Å². The molecule has 0 radical (unpaired) electrons. The molecule has 144 valence electrons. The number of aromatic nitrogens is 1. The molecule has 3 aromatic rings. The van der Waals surface area contributed by atoms with Gasteiger partial charge in [0.2, 0.25) is 5.91 Å². The van der Waals surface area contributed by atoms with Crippen LogP contribution in [-0.2, 0) is 16.0 Å². The van der Waals surface area contributed by atoms with E-state index in [9.17, 15) is 9.59 Å². The van der Waals surface area contributed by atoms with E-state index in [4.69, 9.17) is 4.74 Å². The van der Waals surface area contributed by atoms with Gasteiger partial charge in [0.05, 0.1) is 12.6 Å². The van der Waals surface area contributed by atoms with Gasteiger partial charge in [-0.3, -0.25) is 9.36 Å². The Morgan fingerprint density at radius 1 is 1.18 bits per heavy atom. The maximum atomic E-state index is 12.2. The minimum Gasteiger partial charge on any atom is -0.452 e. The van der Waals surface area contributed by atoms with Gasteiger partial charge in [-0.15, -0.1) is 0 Å². The van der Waals surface area contributed by atoms with Crippen molar-refractivity contribution < 1.29 is 14.3 Å². The fraction of sp³-hybridized carbons (Fsp3) is 0.217. The van der Waals surface area contributed by atoms with Gasteiger partial charge in [-0.1, -0.05) is 48.0 Å². The molecule has 0 aliphatic rings. The molecule has 0 saturated carbocycles. The zero-order chi connectivity index (χ0) is 20.1. The largest absolute Gasteiger partial charge is 0.452 e. The van der Waals surface area contributed by atoms with Crippen molar-refractivity contribution in [3.05, 3.63) is 77.5 Å². The number of nitrogens with zero attached hydrogens (tertiary/aromatic N) is 1. The number of amides is 1.